The van der Waals surface area contributed by atoms with E-state index in [1.165, 1.54) is 12.1 Å². The highest BCUT2D eigenvalue weighted by molar-refractivity contribution is 5.94. The van der Waals surface area contributed by atoms with Gasteiger partial charge < -0.3 is 36.7 Å². The number of carbonyl (C=O) groups is 3. The van der Waals surface area contributed by atoms with Crippen molar-refractivity contribution in [1.82, 2.24) is 10.6 Å². The molecule has 32 heavy (non-hydrogen) atoms. The first kappa shape index (κ1) is 24.0. The molecule has 0 heterocycles. The normalized spacial score (nSPS) is 12.0. The number of carboxylic acid groups (broad SMARTS) is 1. The van der Waals surface area contributed by atoms with Crippen molar-refractivity contribution in [3.8, 4) is 5.75 Å². The van der Waals surface area contributed by atoms with Crippen LogP contribution in [0.4, 0.5) is 4.79 Å². The second-order valence-corrected chi connectivity index (χ2v) is 6.60. The molecule has 0 radical (unpaired) electrons. The highest BCUT2D eigenvalue weighted by Gasteiger charge is 2.22. The summed E-state index contributed by atoms with van der Waals surface area (Å²) in [5.41, 5.74) is 11.6. The number of guanidine groups is 1. The molecule has 0 aliphatic carbocycles. The zero-order chi connectivity index (χ0) is 23.5. The summed E-state index contributed by atoms with van der Waals surface area (Å²) in [6.07, 6.45) is -1.52. The maximum absolute atomic E-state index is 12.3. The molecule has 11 nitrogen and oxygen atoms in total. The average molecular weight is 443 g/mol. The van der Waals surface area contributed by atoms with E-state index < -0.39 is 30.2 Å². The molecule has 0 spiro atoms. The fourth-order valence-corrected chi connectivity index (χ4v) is 2.52. The molecular weight excluding hydrogens is 418 g/mol. The third-order valence-corrected chi connectivity index (χ3v) is 4.02. The van der Waals surface area contributed by atoms with E-state index in [-0.39, 0.29) is 24.7 Å². The number of ether oxygens (including phenoxy) is 2. The van der Waals surface area contributed by atoms with Gasteiger partial charge in [-0.15, -0.1) is 0 Å². The van der Waals surface area contributed by atoms with Crippen molar-refractivity contribution in [2.75, 3.05) is 6.54 Å². The van der Waals surface area contributed by atoms with Gasteiger partial charge in [0.15, 0.2) is 12.2 Å². The number of aliphatic imine (C=N–C) groups is 1. The topological polar surface area (TPSA) is 178 Å². The van der Waals surface area contributed by atoms with E-state index in [4.69, 9.17) is 20.9 Å². The van der Waals surface area contributed by atoms with Crippen LogP contribution < -0.4 is 26.8 Å². The van der Waals surface area contributed by atoms with Crippen molar-refractivity contribution < 1.29 is 29.0 Å². The average Bonchev–Trinajstić information content (AvgIpc) is 2.75. The van der Waals surface area contributed by atoms with Gasteiger partial charge in [-0.05, 0) is 36.8 Å². The van der Waals surface area contributed by atoms with Crippen LogP contribution in [0.3, 0.4) is 0 Å². The molecule has 2 unspecified atom stereocenters. The standard InChI is InChI=1S/C21H25N5O6/c1-13(25-20(22)23)32-16-9-7-15(8-10-16)18(27)24-11-17(19(28)29)26-21(30)31-12-14-5-3-2-4-6-14/h2-10,13,17H,11-12H2,1H3,(H,24,27)(H,26,30)(H,28,29)(H4,22,23,25). The van der Waals surface area contributed by atoms with E-state index >= 15 is 0 Å². The Morgan fingerprint density at radius 3 is 2.31 bits per heavy atom. The Bertz CT molecular complexity index is 945. The minimum Gasteiger partial charge on any atom is -0.480 e. The number of hydrogen-bond donors (Lipinski definition) is 5. The summed E-state index contributed by atoms with van der Waals surface area (Å²) in [6, 6.07) is 13.6. The molecule has 0 aromatic heterocycles. The number of carbonyl (C=O) groups excluding carboxylic acids is 2. The Balaban J connectivity index is 1.84. The summed E-state index contributed by atoms with van der Waals surface area (Å²) in [4.78, 5) is 39.4. The largest absolute Gasteiger partial charge is 0.480 e. The second kappa shape index (κ2) is 11.8. The van der Waals surface area contributed by atoms with Crippen molar-refractivity contribution in [3.05, 3.63) is 65.7 Å². The molecule has 2 rings (SSSR count). The van der Waals surface area contributed by atoms with Crippen LogP contribution in [-0.4, -0.2) is 47.9 Å². The molecule has 0 saturated carbocycles. The van der Waals surface area contributed by atoms with Crippen molar-refractivity contribution >= 4 is 23.9 Å². The Hall–Kier alpha value is -4.28. The van der Waals surface area contributed by atoms with Gasteiger partial charge in [0, 0.05) is 12.1 Å². The highest BCUT2D eigenvalue weighted by Crippen LogP contribution is 2.14. The first-order valence-corrected chi connectivity index (χ1v) is 9.58. The number of rotatable bonds is 10. The first-order valence-electron chi connectivity index (χ1n) is 9.58. The summed E-state index contributed by atoms with van der Waals surface area (Å²) in [5, 5.41) is 14.0. The second-order valence-electron chi connectivity index (χ2n) is 6.60. The number of alkyl carbamates (subject to hydrolysis) is 1. The molecule has 7 N–H and O–H groups in total. The third-order valence-electron chi connectivity index (χ3n) is 4.02. The lowest BCUT2D eigenvalue weighted by Crippen LogP contribution is -2.48. The molecule has 0 bridgehead atoms. The minimum absolute atomic E-state index is 0.0123. The van der Waals surface area contributed by atoms with Crippen LogP contribution in [0.1, 0.15) is 22.8 Å². The summed E-state index contributed by atoms with van der Waals surface area (Å²) in [5.74, 6) is -1.52. The highest BCUT2D eigenvalue weighted by atomic mass is 16.5. The van der Waals surface area contributed by atoms with E-state index in [2.05, 4.69) is 15.6 Å². The van der Waals surface area contributed by atoms with Gasteiger partial charge in [-0.1, -0.05) is 30.3 Å². The summed E-state index contributed by atoms with van der Waals surface area (Å²) in [6.45, 7) is 1.29. The first-order chi connectivity index (χ1) is 15.2. The van der Waals surface area contributed by atoms with E-state index in [1.54, 1.807) is 43.3 Å². The molecule has 170 valence electrons. The predicted molar refractivity (Wildman–Crippen MR) is 116 cm³/mol. The summed E-state index contributed by atoms with van der Waals surface area (Å²) >= 11 is 0. The van der Waals surface area contributed by atoms with Crippen molar-refractivity contribution in [1.29, 1.82) is 0 Å². The van der Waals surface area contributed by atoms with E-state index in [0.717, 1.165) is 5.56 Å². The van der Waals surface area contributed by atoms with Gasteiger partial charge in [0.1, 0.15) is 18.4 Å². The molecule has 2 atom stereocenters. The monoisotopic (exact) mass is 443 g/mol. The molecule has 2 aromatic carbocycles. The lowest BCUT2D eigenvalue weighted by atomic mass is 10.2. The van der Waals surface area contributed by atoms with Crippen LogP contribution in [-0.2, 0) is 16.1 Å². The SMILES string of the molecule is CC(N=C(N)N)Oc1ccc(C(=O)NCC(NC(=O)OCc2ccccc2)C(=O)O)cc1. The van der Waals surface area contributed by atoms with Crippen LogP contribution >= 0.6 is 0 Å². The predicted octanol–water partition coefficient (Wildman–Crippen LogP) is 0.794. The van der Waals surface area contributed by atoms with E-state index in [0.29, 0.717) is 5.75 Å². The number of nitrogens with two attached hydrogens (primary N) is 2. The fourth-order valence-electron chi connectivity index (χ4n) is 2.52. The summed E-state index contributed by atoms with van der Waals surface area (Å²) in [7, 11) is 0. The van der Waals surface area contributed by atoms with Crippen molar-refractivity contribution in [3.63, 3.8) is 0 Å². The number of amides is 2. The van der Waals surface area contributed by atoms with Crippen molar-refractivity contribution in [2.24, 2.45) is 16.5 Å². The Kier molecular flexibility index (Phi) is 8.84. The van der Waals surface area contributed by atoms with Crippen LogP contribution in [0, 0.1) is 0 Å². The Morgan fingerprint density at radius 1 is 1.06 bits per heavy atom. The van der Waals surface area contributed by atoms with Gasteiger partial charge >= 0.3 is 12.1 Å². The Labute approximate surface area is 184 Å². The Morgan fingerprint density at radius 2 is 1.72 bits per heavy atom. The maximum atomic E-state index is 12.3. The molecule has 11 heteroatoms. The quantitative estimate of drug-likeness (QED) is 0.264. The van der Waals surface area contributed by atoms with Gasteiger partial charge in [0.25, 0.3) is 5.91 Å². The van der Waals surface area contributed by atoms with Crippen molar-refractivity contribution in [2.45, 2.75) is 25.8 Å². The third kappa shape index (κ3) is 8.22. The van der Waals surface area contributed by atoms with Crippen LogP contribution in [0.5, 0.6) is 5.75 Å². The molecule has 0 aliphatic rings. The zero-order valence-electron chi connectivity index (χ0n) is 17.4. The van der Waals surface area contributed by atoms with Gasteiger partial charge in [0.2, 0.25) is 0 Å². The van der Waals surface area contributed by atoms with Crippen LogP contribution in [0.25, 0.3) is 0 Å². The van der Waals surface area contributed by atoms with E-state index in [9.17, 15) is 19.5 Å². The number of nitrogens with one attached hydrogen (secondary N) is 2. The summed E-state index contributed by atoms with van der Waals surface area (Å²) < 4.78 is 10.5. The van der Waals surface area contributed by atoms with Crippen LogP contribution in [0.2, 0.25) is 0 Å². The number of hydrogen-bond acceptors (Lipinski definition) is 6. The number of aliphatic carboxylic acids is 1. The van der Waals surface area contributed by atoms with Gasteiger partial charge in [-0.2, -0.15) is 0 Å². The van der Waals surface area contributed by atoms with E-state index in [1.807, 2.05) is 6.07 Å². The number of nitrogens with zero attached hydrogens (tertiary/aromatic N) is 1. The molecule has 2 amide bonds. The molecule has 0 aliphatic heterocycles. The molecule has 0 saturated heterocycles. The fraction of sp³-hybridized carbons (Fsp3) is 0.238. The molecule has 0 fully saturated rings. The lowest BCUT2D eigenvalue weighted by molar-refractivity contribution is -0.139. The molecular formula is C21H25N5O6. The molecule has 2 aromatic rings. The maximum Gasteiger partial charge on any atom is 0.408 e. The van der Waals surface area contributed by atoms with Gasteiger partial charge in [-0.25, -0.2) is 14.6 Å². The number of carboxylic acids is 1. The number of benzene rings is 2. The lowest BCUT2D eigenvalue weighted by Gasteiger charge is -2.16. The van der Waals surface area contributed by atoms with Crippen LogP contribution in [0.15, 0.2) is 59.6 Å². The zero-order valence-corrected chi connectivity index (χ0v) is 17.4. The van der Waals surface area contributed by atoms with Gasteiger partial charge in [0.05, 0.1) is 0 Å². The minimum atomic E-state index is -1.37. The van der Waals surface area contributed by atoms with Gasteiger partial charge in [-0.3, -0.25) is 4.79 Å². The smallest absolute Gasteiger partial charge is 0.408 e.